The Hall–Kier alpha value is -1.84. The Labute approximate surface area is 87.9 Å². The first kappa shape index (κ1) is 11.2. The van der Waals surface area contributed by atoms with Gasteiger partial charge in [0.25, 0.3) is 0 Å². The van der Waals surface area contributed by atoms with Crippen LogP contribution in [-0.4, -0.2) is 22.0 Å². The van der Waals surface area contributed by atoms with Crippen LogP contribution in [0.15, 0.2) is 35.5 Å². The van der Waals surface area contributed by atoms with Gasteiger partial charge in [-0.1, -0.05) is 35.5 Å². The van der Waals surface area contributed by atoms with E-state index in [1.54, 1.807) is 0 Å². The van der Waals surface area contributed by atoms with Gasteiger partial charge in [0.2, 0.25) is 0 Å². The number of rotatable bonds is 5. The summed E-state index contributed by atoms with van der Waals surface area (Å²) in [6.45, 7) is 0. The van der Waals surface area contributed by atoms with E-state index in [9.17, 15) is 4.79 Å². The monoisotopic (exact) mass is 207 g/mol. The number of carboxylic acids is 1. The molecule has 0 aliphatic rings. The van der Waals surface area contributed by atoms with E-state index in [4.69, 9.17) is 10.3 Å². The molecule has 0 bridgehead atoms. The van der Waals surface area contributed by atoms with Crippen LogP contribution in [0.1, 0.15) is 18.4 Å². The van der Waals surface area contributed by atoms with Crippen LogP contribution in [0.3, 0.4) is 0 Å². The van der Waals surface area contributed by atoms with E-state index in [2.05, 4.69) is 5.16 Å². The van der Waals surface area contributed by atoms with Gasteiger partial charge in [-0.15, -0.1) is 0 Å². The predicted octanol–water partition coefficient (Wildman–Crippen LogP) is 1.92. The fourth-order valence-electron chi connectivity index (χ4n) is 1.26. The van der Waals surface area contributed by atoms with Crippen molar-refractivity contribution in [3.8, 4) is 0 Å². The molecule has 0 unspecified atom stereocenters. The largest absolute Gasteiger partial charge is 0.481 e. The topological polar surface area (TPSA) is 69.9 Å². The molecule has 1 aromatic rings. The molecule has 0 atom stereocenters. The van der Waals surface area contributed by atoms with E-state index < -0.39 is 5.97 Å². The third kappa shape index (κ3) is 4.26. The summed E-state index contributed by atoms with van der Waals surface area (Å²) in [7, 11) is 0. The summed E-state index contributed by atoms with van der Waals surface area (Å²) in [6, 6.07) is 9.50. The van der Waals surface area contributed by atoms with Crippen LogP contribution in [0.4, 0.5) is 0 Å². The Bertz CT molecular complexity index is 346. The fraction of sp³-hybridized carbons (Fsp3) is 0.273. The highest BCUT2D eigenvalue weighted by molar-refractivity contribution is 5.88. The van der Waals surface area contributed by atoms with Gasteiger partial charge < -0.3 is 10.3 Å². The zero-order valence-electron chi connectivity index (χ0n) is 8.26. The van der Waals surface area contributed by atoms with Crippen LogP contribution >= 0.6 is 0 Å². The number of carboxylic acid groups (broad SMARTS) is 1. The fourth-order valence-corrected chi connectivity index (χ4v) is 1.26. The number of nitrogens with zero attached hydrogens (tertiary/aromatic N) is 1. The lowest BCUT2D eigenvalue weighted by molar-refractivity contribution is -0.136. The third-order valence-electron chi connectivity index (χ3n) is 2.02. The van der Waals surface area contributed by atoms with Crippen molar-refractivity contribution in [2.45, 2.75) is 19.3 Å². The molecular formula is C11H13NO3. The van der Waals surface area contributed by atoms with E-state index in [-0.39, 0.29) is 12.8 Å². The summed E-state index contributed by atoms with van der Waals surface area (Å²) in [6.07, 6.45) is 0.761. The maximum atomic E-state index is 10.3. The minimum absolute atomic E-state index is 0.00771. The Kier molecular flexibility index (Phi) is 4.34. The Morgan fingerprint density at radius 1 is 1.20 bits per heavy atom. The van der Waals surface area contributed by atoms with E-state index in [0.717, 1.165) is 5.56 Å². The summed E-state index contributed by atoms with van der Waals surface area (Å²) in [5.41, 5.74) is 1.50. The highest BCUT2D eigenvalue weighted by Gasteiger charge is 2.05. The number of oxime groups is 1. The molecule has 0 radical (unpaired) electrons. The van der Waals surface area contributed by atoms with E-state index in [1.165, 1.54) is 0 Å². The second-order valence-electron chi connectivity index (χ2n) is 3.22. The van der Waals surface area contributed by atoms with Gasteiger partial charge in [-0.3, -0.25) is 4.79 Å². The number of benzene rings is 1. The SMILES string of the molecule is O=C(O)CC/C(Cc1ccccc1)=N\O. The standard InChI is InChI=1S/C11H13NO3/c13-11(14)7-6-10(12-15)8-9-4-2-1-3-5-9/h1-5,15H,6-8H2,(H,13,14)/b12-10+. The average Bonchev–Trinajstić information content (AvgIpc) is 2.25. The van der Waals surface area contributed by atoms with Gasteiger partial charge in [-0.2, -0.15) is 0 Å². The molecule has 2 N–H and O–H groups in total. The van der Waals surface area contributed by atoms with Gasteiger partial charge in [-0.25, -0.2) is 0 Å². The highest BCUT2D eigenvalue weighted by Crippen LogP contribution is 2.04. The summed E-state index contributed by atoms with van der Waals surface area (Å²) in [4.78, 5) is 10.3. The molecule has 0 fully saturated rings. The van der Waals surface area contributed by atoms with Gasteiger partial charge >= 0.3 is 5.97 Å². The molecule has 0 heterocycles. The van der Waals surface area contributed by atoms with Gasteiger partial charge in [0, 0.05) is 6.42 Å². The molecule has 4 nitrogen and oxygen atoms in total. The number of hydrogen-bond donors (Lipinski definition) is 2. The summed E-state index contributed by atoms with van der Waals surface area (Å²) in [5.74, 6) is -0.885. The molecule has 0 aromatic heterocycles. The van der Waals surface area contributed by atoms with Crippen LogP contribution in [-0.2, 0) is 11.2 Å². The lowest BCUT2D eigenvalue weighted by atomic mass is 10.1. The number of hydrogen-bond acceptors (Lipinski definition) is 3. The van der Waals surface area contributed by atoms with Crippen LogP contribution in [0.25, 0.3) is 0 Å². The highest BCUT2D eigenvalue weighted by atomic mass is 16.4. The van der Waals surface area contributed by atoms with Crippen molar-refractivity contribution in [1.29, 1.82) is 0 Å². The Morgan fingerprint density at radius 3 is 2.40 bits per heavy atom. The second-order valence-corrected chi connectivity index (χ2v) is 3.22. The first-order valence-electron chi connectivity index (χ1n) is 4.68. The quantitative estimate of drug-likeness (QED) is 0.440. The van der Waals surface area contributed by atoms with Gasteiger partial charge in [-0.05, 0) is 12.0 Å². The normalized spacial score (nSPS) is 11.3. The van der Waals surface area contributed by atoms with Crippen molar-refractivity contribution < 1.29 is 15.1 Å². The molecule has 4 heteroatoms. The molecular weight excluding hydrogens is 194 g/mol. The molecule has 80 valence electrons. The Balaban J connectivity index is 2.52. The van der Waals surface area contributed by atoms with E-state index >= 15 is 0 Å². The summed E-state index contributed by atoms with van der Waals surface area (Å²) >= 11 is 0. The average molecular weight is 207 g/mol. The predicted molar refractivity (Wildman–Crippen MR) is 56.2 cm³/mol. The zero-order chi connectivity index (χ0) is 11.1. The molecule has 0 saturated heterocycles. The van der Waals surface area contributed by atoms with Crippen LogP contribution in [0.5, 0.6) is 0 Å². The minimum Gasteiger partial charge on any atom is -0.481 e. The third-order valence-corrected chi connectivity index (χ3v) is 2.02. The molecule has 0 spiro atoms. The van der Waals surface area contributed by atoms with Crippen molar-refractivity contribution >= 4 is 11.7 Å². The zero-order valence-corrected chi connectivity index (χ0v) is 8.26. The van der Waals surface area contributed by atoms with Crippen molar-refractivity contribution in [2.24, 2.45) is 5.16 Å². The smallest absolute Gasteiger partial charge is 0.303 e. The summed E-state index contributed by atoms with van der Waals surface area (Å²) < 4.78 is 0. The lowest BCUT2D eigenvalue weighted by Crippen LogP contribution is -2.06. The van der Waals surface area contributed by atoms with Gasteiger partial charge in [0.05, 0.1) is 12.1 Å². The number of carbonyl (C=O) groups is 1. The lowest BCUT2D eigenvalue weighted by Gasteiger charge is -2.02. The van der Waals surface area contributed by atoms with Gasteiger partial charge in [0.15, 0.2) is 0 Å². The Morgan fingerprint density at radius 2 is 1.87 bits per heavy atom. The van der Waals surface area contributed by atoms with E-state index in [1.807, 2.05) is 30.3 Å². The minimum atomic E-state index is -0.885. The first-order chi connectivity index (χ1) is 7.22. The van der Waals surface area contributed by atoms with Crippen molar-refractivity contribution in [1.82, 2.24) is 0 Å². The number of aliphatic carboxylic acids is 1. The molecule has 15 heavy (non-hydrogen) atoms. The van der Waals surface area contributed by atoms with E-state index in [0.29, 0.717) is 12.1 Å². The van der Waals surface area contributed by atoms with Crippen LogP contribution in [0.2, 0.25) is 0 Å². The van der Waals surface area contributed by atoms with Crippen LogP contribution < -0.4 is 0 Å². The maximum Gasteiger partial charge on any atom is 0.303 e. The van der Waals surface area contributed by atoms with Crippen molar-refractivity contribution in [3.63, 3.8) is 0 Å². The molecule has 0 amide bonds. The molecule has 1 rings (SSSR count). The summed E-state index contributed by atoms with van der Waals surface area (Å²) in [5, 5.41) is 20.3. The second kappa shape index (κ2) is 5.80. The molecule has 0 saturated carbocycles. The molecule has 0 aliphatic heterocycles. The molecule has 1 aromatic carbocycles. The van der Waals surface area contributed by atoms with Crippen molar-refractivity contribution in [2.75, 3.05) is 0 Å². The first-order valence-corrected chi connectivity index (χ1v) is 4.68. The van der Waals surface area contributed by atoms with Crippen molar-refractivity contribution in [3.05, 3.63) is 35.9 Å². The van der Waals surface area contributed by atoms with Gasteiger partial charge in [0.1, 0.15) is 0 Å². The maximum absolute atomic E-state index is 10.3. The van der Waals surface area contributed by atoms with Crippen LogP contribution in [0, 0.1) is 0 Å². The molecule has 0 aliphatic carbocycles.